The zero-order valence-corrected chi connectivity index (χ0v) is 8.86. The van der Waals surface area contributed by atoms with Gasteiger partial charge < -0.3 is 16.7 Å². The van der Waals surface area contributed by atoms with Crippen LogP contribution in [0.1, 0.15) is 27.7 Å². The minimum absolute atomic E-state index is 0. The second kappa shape index (κ2) is 10.4. The van der Waals surface area contributed by atoms with E-state index in [2.05, 4.69) is 0 Å². The van der Waals surface area contributed by atoms with Crippen molar-refractivity contribution >= 4 is 18.2 Å². The van der Waals surface area contributed by atoms with Gasteiger partial charge in [-0.15, -0.1) is 12.4 Å². The fourth-order valence-corrected chi connectivity index (χ4v) is 0. The summed E-state index contributed by atoms with van der Waals surface area (Å²) < 4.78 is 0. The van der Waals surface area contributed by atoms with Crippen LogP contribution in [0.25, 0.3) is 0 Å². The van der Waals surface area contributed by atoms with E-state index in [1.807, 2.05) is 6.07 Å². The van der Waals surface area contributed by atoms with Crippen molar-refractivity contribution in [3.63, 3.8) is 0 Å². The van der Waals surface area contributed by atoms with Gasteiger partial charge in [0, 0.05) is 0 Å². The molecule has 0 unspecified atom stereocenters. The lowest BCUT2D eigenvalue weighted by atomic mass is 10.1. The first-order valence-electron chi connectivity index (χ1n) is 2.97. The molecule has 0 aliphatic carbocycles. The van der Waals surface area contributed by atoms with Crippen molar-refractivity contribution in [1.82, 2.24) is 6.15 Å². The predicted octanol–water partition coefficient (Wildman–Crippen LogP) is 1.43. The Hall–Kier alpha value is -0.630. The van der Waals surface area contributed by atoms with Crippen LogP contribution >= 0.6 is 12.4 Å². The van der Waals surface area contributed by atoms with Crippen LogP contribution in [-0.2, 0) is 4.79 Å². The van der Waals surface area contributed by atoms with Crippen molar-refractivity contribution in [2.24, 2.45) is 5.73 Å². The van der Waals surface area contributed by atoms with E-state index in [1.54, 1.807) is 13.8 Å². The standard InChI is InChI=1S/C4H8N2.C3H6O.ClH.H3N/c1-4(2,6)3-5;1-3(2)4;;/h6H2,1-2H3;1-2H3;1H;1H3. The number of ketones is 1. The summed E-state index contributed by atoms with van der Waals surface area (Å²) >= 11 is 0. The molecule has 5 N–H and O–H groups in total. The number of carbonyl (C=O) groups excluding carboxylic acids is 1. The first-order valence-corrected chi connectivity index (χ1v) is 2.97. The summed E-state index contributed by atoms with van der Waals surface area (Å²) in [6, 6.07) is 1.88. The number of nitriles is 1. The van der Waals surface area contributed by atoms with Crippen LogP contribution in [0.5, 0.6) is 0 Å². The molecule has 0 heterocycles. The molecular weight excluding hydrogens is 178 g/mol. The molecule has 0 rings (SSSR count). The van der Waals surface area contributed by atoms with Gasteiger partial charge in [-0.05, 0) is 27.7 Å². The van der Waals surface area contributed by atoms with Crippen LogP contribution in [0, 0.1) is 11.3 Å². The van der Waals surface area contributed by atoms with E-state index in [9.17, 15) is 4.79 Å². The molecule has 4 nitrogen and oxygen atoms in total. The number of nitrogens with zero attached hydrogens (tertiary/aromatic N) is 1. The third-order valence-corrected chi connectivity index (χ3v) is 0.288. The zero-order valence-electron chi connectivity index (χ0n) is 8.05. The highest BCUT2D eigenvalue weighted by Crippen LogP contribution is 1.88. The topological polar surface area (TPSA) is 102 Å². The minimum atomic E-state index is -0.653. The summed E-state index contributed by atoms with van der Waals surface area (Å²) in [6.07, 6.45) is 0. The highest BCUT2D eigenvalue weighted by molar-refractivity contribution is 5.85. The van der Waals surface area contributed by atoms with Gasteiger partial charge in [0.15, 0.2) is 0 Å². The average molecular weight is 196 g/mol. The van der Waals surface area contributed by atoms with Crippen LogP contribution in [0.4, 0.5) is 0 Å². The normalized spacial score (nSPS) is 7.33. The minimum Gasteiger partial charge on any atom is -0.344 e. The monoisotopic (exact) mass is 195 g/mol. The van der Waals surface area contributed by atoms with Crippen molar-refractivity contribution in [3.05, 3.63) is 0 Å². The van der Waals surface area contributed by atoms with Crippen LogP contribution < -0.4 is 11.9 Å². The highest BCUT2D eigenvalue weighted by Gasteiger charge is 2.04. The first-order chi connectivity index (χ1) is 4.29. The molecule has 0 atom stereocenters. The molecule has 5 heteroatoms. The van der Waals surface area contributed by atoms with Crippen LogP contribution in [0.3, 0.4) is 0 Å². The third kappa shape index (κ3) is 117. The van der Waals surface area contributed by atoms with E-state index in [1.165, 1.54) is 13.8 Å². The molecule has 0 aromatic rings. The molecule has 12 heavy (non-hydrogen) atoms. The molecule has 0 aromatic heterocycles. The lowest BCUT2D eigenvalue weighted by Crippen LogP contribution is -2.28. The fraction of sp³-hybridized carbons (Fsp3) is 0.714. The van der Waals surface area contributed by atoms with Gasteiger partial charge >= 0.3 is 0 Å². The highest BCUT2D eigenvalue weighted by atomic mass is 35.5. The maximum atomic E-state index is 9.44. The Bertz CT molecular complexity index is 142. The number of carbonyl (C=O) groups is 1. The second-order valence-corrected chi connectivity index (χ2v) is 2.74. The van der Waals surface area contributed by atoms with E-state index in [0.29, 0.717) is 0 Å². The molecule has 74 valence electrons. The number of rotatable bonds is 0. The first kappa shape index (κ1) is 22.5. The maximum absolute atomic E-state index is 9.44. The van der Waals surface area contributed by atoms with Gasteiger partial charge in [0.2, 0.25) is 0 Å². The van der Waals surface area contributed by atoms with Crippen molar-refractivity contribution in [2.75, 3.05) is 0 Å². The third-order valence-electron chi connectivity index (χ3n) is 0.288. The summed E-state index contributed by atoms with van der Waals surface area (Å²) in [5, 5.41) is 8.03. The van der Waals surface area contributed by atoms with Gasteiger partial charge in [-0.2, -0.15) is 5.26 Å². The molecular formula is C7H18ClN3O. The van der Waals surface area contributed by atoms with Crippen molar-refractivity contribution in [1.29, 1.82) is 5.26 Å². The molecule has 0 aliphatic heterocycles. The average Bonchev–Trinajstić information content (AvgIpc) is 1.63. The molecule has 0 saturated carbocycles. The molecule has 0 bridgehead atoms. The van der Waals surface area contributed by atoms with Gasteiger partial charge in [-0.3, -0.25) is 0 Å². The van der Waals surface area contributed by atoms with Gasteiger partial charge in [0.25, 0.3) is 0 Å². The molecule has 0 amide bonds. The molecule has 0 spiro atoms. The Labute approximate surface area is 80.1 Å². The number of nitrogens with two attached hydrogens (primary N) is 1. The zero-order chi connectivity index (χ0) is 8.78. The van der Waals surface area contributed by atoms with Crippen LogP contribution in [0.15, 0.2) is 0 Å². The molecule has 0 fully saturated rings. The molecule has 0 aliphatic rings. The van der Waals surface area contributed by atoms with E-state index >= 15 is 0 Å². The largest absolute Gasteiger partial charge is 0.344 e. The van der Waals surface area contributed by atoms with Crippen molar-refractivity contribution in [2.45, 2.75) is 33.2 Å². The fourth-order valence-electron chi connectivity index (χ4n) is 0. The smallest absolute Gasteiger partial charge is 0.126 e. The van der Waals surface area contributed by atoms with Crippen LogP contribution in [-0.4, -0.2) is 11.3 Å². The van der Waals surface area contributed by atoms with E-state index in [-0.39, 0.29) is 24.3 Å². The lowest BCUT2D eigenvalue weighted by molar-refractivity contribution is -0.114. The summed E-state index contributed by atoms with van der Waals surface area (Å²) in [6.45, 7) is 6.38. The summed E-state index contributed by atoms with van der Waals surface area (Å²) in [5.74, 6) is 0.167. The quantitative estimate of drug-likeness (QED) is 0.610. The van der Waals surface area contributed by atoms with Crippen molar-refractivity contribution in [3.8, 4) is 6.07 Å². The van der Waals surface area contributed by atoms with Gasteiger partial charge in [0.1, 0.15) is 5.78 Å². The van der Waals surface area contributed by atoms with Crippen molar-refractivity contribution < 1.29 is 4.79 Å². The van der Waals surface area contributed by atoms with Gasteiger partial charge in [-0.25, -0.2) is 0 Å². The Morgan fingerprint density at radius 2 is 1.50 bits per heavy atom. The Kier molecular flexibility index (Phi) is 19.5. The summed E-state index contributed by atoms with van der Waals surface area (Å²) in [4.78, 5) is 9.44. The lowest BCUT2D eigenvalue weighted by Gasteiger charge is -2.02. The molecule has 0 saturated heterocycles. The number of halogens is 1. The van der Waals surface area contributed by atoms with E-state index in [4.69, 9.17) is 11.0 Å². The summed E-state index contributed by atoms with van der Waals surface area (Å²) in [5.41, 5.74) is 4.52. The Balaban J connectivity index is -0.0000000483. The molecule has 0 radical (unpaired) electrons. The SMILES string of the molecule is CC(C)(N)C#N.CC(C)=O.Cl.N. The molecule has 0 aromatic carbocycles. The summed E-state index contributed by atoms with van der Waals surface area (Å²) in [7, 11) is 0. The van der Waals surface area contributed by atoms with E-state index < -0.39 is 5.54 Å². The number of hydrogen-bond acceptors (Lipinski definition) is 4. The number of Topliss-reactive ketones (excluding diaryl/α,β-unsaturated/α-hetero) is 1. The second-order valence-electron chi connectivity index (χ2n) is 2.74. The van der Waals surface area contributed by atoms with E-state index in [0.717, 1.165) is 0 Å². The number of hydrogen-bond donors (Lipinski definition) is 2. The maximum Gasteiger partial charge on any atom is 0.126 e. The predicted molar refractivity (Wildman–Crippen MR) is 52.5 cm³/mol. The van der Waals surface area contributed by atoms with Gasteiger partial charge in [0.05, 0.1) is 11.6 Å². The Morgan fingerprint density at radius 1 is 1.42 bits per heavy atom. The van der Waals surface area contributed by atoms with Gasteiger partial charge in [-0.1, -0.05) is 0 Å². The Morgan fingerprint density at radius 3 is 1.50 bits per heavy atom. The van der Waals surface area contributed by atoms with Crippen LogP contribution in [0.2, 0.25) is 0 Å².